The van der Waals surface area contributed by atoms with Crippen LogP contribution in [0.2, 0.25) is 0 Å². The Balaban J connectivity index is 2.06. The molecule has 0 aliphatic heterocycles. The third-order valence-corrected chi connectivity index (χ3v) is 6.80. The second kappa shape index (κ2) is 9.46. The van der Waals surface area contributed by atoms with Gasteiger partial charge in [-0.3, -0.25) is 0 Å². The van der Waals surface area contributed by atoms with Crippen molar-refractivity contribution in [1.29, 1.82) is 0 Å². The molecule has 0 unspecified atom stereocenters. The van der Waals surface area contributed by atoms with Gasteiger partial charge in [-0.1, -0.05) is 25.5 Å². The van der Waals surface area contributed by atoms with Crippen LogP contribution < -0.4 is 9.62 Å². The van der Waals surface area contributed by atoms with E-state index in [4.69, 9.17) is 0 Å². The third kappa shape index (κ3) is 5.51. The molecule has 146 valence electrons. The maximum absolute atomic E-state index is 11.8. The van der Waals surface area contributed by atoms with Crippen molar-refractivity contribution < 1.29 is 8.42 Å². The first-order valence-corrected chi connectivity index (χ1v) is 11.1. The molecule has 0 atom stereocenters. The molecule has 0 amide bonds. The zero-order valence-electron chi connectivity index (χ0n) is 16.4. The molecule has 1 aromatic rings. The summed E-state index contributed by atoms with van der Waals surface area (Å²) in [6, 6.07) is 0.385. The fourth-order valence-electron chi connectivity index (χ4n) is 3.58. The summed E-state index contributed by atoms with van der Waals surface area (Å²) in [6.07, 6.45) is 11.9. The van der Waals surface area contributed by atoms with E-state index in [0.717, 1.165) is 55.6 Å². The molecule has 0 aromatic carbocycles. The highest BCUT2D eigenvalue weighted by Gasteiger charge is 2.28. The highest BCUT2D eigenvalue weighted by Crippen LogP contribution is 2.31. The van der Waals surface area contributed by atoms with Crippen molar-refractivity contribution in [2.75, 3.05) is 24.7 Å². The molecule has 7 heteroatoms. The number of nitrogens with one attached hydrogen (secondary N) is 1. The molecule has 1 aliphatic carbocycles. The van der Waals surface area contributed by atoms with Gasteiger partial charge in [-0.2, -0.15) is 0 Å². The molecule has 6 nitrogen and oxygen atoms in total. The summed E-state index contributed by atoms with van der Waals surface area (Å²) in [5, 5.41) is 0. The van der Waals surface area contributed by atoms with Crippen molar-refractivity contribution in [2.45, 2.75) is 58.4 Å². The van der Waals surface area contributed by atoms with E-state index in [-0.39, 0.29) is 11.7 Å². The molecule has 0 radical (unpaired) electrons. The second-order valence-corrected chi connectivity index (χ2v) is 9.13. The summed E-state index contributed by atoms with van der Waals surface area (Å²) in [5.74, 6) is 1.45. The van der Waals surface area contributed by atoms with Gasteiger partial charge in [0.05, 0.1) is 11.4 Å². The highest BCUT2D eigenvalue weighted by atomic mass is 32.2. The van der Waals surface area contributed by atoms with Crippen LogP contribution in [-0.4, -0.2) is 44.3 Å². The Hall–Kier alpha value is -1.47. The van der Waals surface area contributed by atoms with Crippen LogP contribution in [0, 0.1) is 12.8 Å². The average Bonchev–Trinajstić information content (AvgIpc) is 2.63. The second-order valence-electron chi connectivity index (χ2n) is 7.16. The number of rotatable bonds is 8. The average molecular weight is 381 g/mol. The Morgan fingerprint density at radius 1 is 1.27 bits per heavy atom. The predicted molar refractivity (Wildman–Crippen MR) is 108 cm³/mol. The van der Waals surface area contributed by atoms with Gasteiger partial charge < -0.3 is 4.90 Å². The minimum Gasteiger partial charge on any atom is -0.356 e. The Morgan fingerprint density at radius 3 is 2.58 bits per heavy atom. The molecular formula is C19H32N4O2S. The lowest BCUT2D eigenvalue weighted by Gasteiger charge is -2.36. The zero-order chi connectivity index (χ0) is 19.2. The summed E-state index contributed by atoms with van der Waals surface area (Å²) in [4.78, 5) is 11.1. The van der Waals surface area contributed by atoms with Crippen LogP contribution in [0.1, 0.15) is 56.7 Å². The predicted octanol–water partition coefficient (Wildman–Crippen LogP) is 3.14. The quantitative estimate of drug-likeness (QED) is 0.750. The molecule has 26 heavy (non-hydrogen) atoms. The molecular weight excluding hydrogens is 348 g/mol. The summed E-state index contributed by atoms with van der Waals surface area (Å²) in [7, 11) is 0.450. The molecule has 1 aliphatic rings. The van der Waals surface area contributed by atoms with E-state index in [2.05, 4.69) is 45.7 Å². The van der Waals surface area contributed by atoms with Gasteiger partial charge in [0.15, 0.2) is 0 Å². The van der Waals surface area contributed by atoms with Gasteiger partial charge >= 0.3 is 0 Å². The summed E-state index contributed by atoms with van der Waals surface area (Å²) in [6.45, 7) is 4.18. The maximum atomic E-state index is 11.8. The summed E-state index contributed by atoms with van der Waals surface area (Å²) >= 11 is 0. The van der Waals surface area contributed by atoms with E-state index in [1.807, 2.05) is 6.92 Å². The monoisotopic (exact) mass is 380 g/mol. The van der Waals surface area contributed by atoms with Crippen LogP contribution in [0.25, 0.3) is 6.08 Å². The Kier molecular flexibility index (Phi) is 7.58. The van der Waals surface area contributed by atoms with Crippen molar-refractivity contribution in [1.82, 2.24) is 14.7 Å². The Labute approximate surface area is 158 Å². The number of sulfonamides is 1. The molecule has 0 saturated heterocycles. The number of unbranched alkanes of at least 4 members (excludes halogenated alkanes) is 1. The van der Waals surface area contributed by atoms with Gasteiger partial charge in [0, 0.05) is 18.7 Å². The van der Waals surface area contributed by atoms with Crippen molar-refractivity contribution in [3.63, 3.8) is 0 Å². The lowest BCUT2D eigenvalue weighted by atomic mass is 9.86. The van der Waals surface area contributed by atoms with E-state index in [9.17, 15) is 8.42 Å². The van der Waals surface area contributed by atoms with Gasteiger partial charge in [-0.15, -0.1) is 0 Å². The van der Waals surface area contributed by atoms with E-state index < -0.39 is 10.0 Å². The molecule has 0 bridgehead atoms. The minimum absolute atomic E-state index is 0.234. The van der Waals surface area contributed by atoms with Gasteiger partial charge in [-0.25, -0.2) is 23.1 Å². The summed E-state index contributed by atoms with van der Waals surface area (Å²) in [5.41, 5.74) is 2.08. The Morgan fingerprint density at radius 2 is 1.96 bits per heavy atom. The van der Waals surface area contributed by atoms with E-state index in [1.54, 1.807) is 6.33 Å². The third-order valence-electron chi connectivity index (χ3n) is 5.27. The molecule has 1 fully saturated rings. The van der Waals surface area contributed by atoms with Gasteiger partial charge in [0.1, 0.15) is 12.1 Å². The van der Waals surface area contributed by atoms with Crippen LogP contribution in [0.5, 0.6) is 0 Å². The van der Waals surface area contributed by atoms with E-state index >= 15 is 0 Å². The first kappa shape index (κ1) is 20.8. The topological polar surface area (TPSA) is 75.2 Å². The molecule has 1 heterocycles. The SMILES string of the molecule is CCC/C=C\c1c(C)ncnc1N(C)[C@H]1CC[C@H](CS(=O)(=O)NC)CC1. The number of nitrogens with zero attached hydrogens (tertiary/aromatic N) is 3. The first-order valence-electron chi connectivity index (χ1n) is 9.50. The highest BCUT2D eigenvalue weighted by molar-refractivity contribution is 7.89. The number of hydrogen-bond donors (Lipinski definition) is 1. The van der Waals surface area contributed by atoms with Crippen molar-refractivity contribution in [2.24, 2.45) is 5.92 Å². The maximum Gasteiger partial charge on any atom is 0.211 e. The van der Waals surface area contributed by atoms with Crippen molar-refractivity contribution >= 4 is 21.9 Å². The molecule has 0 spiro atoms. The van der Waals surface area contributed by atoms with Crippen molar-refractivity contribution in [3.8, 4) is 0 Å². The van der Waals surface area contributed by atoms with Crippen LogP contribution in [0.3, 0.4) is 0 Å². The van der Waals surface area contributed by atoms with Gasteiger partial charge in [-0.05, 0) is 52.0 Å². The fourth-order valence-corrected chi connectivity index (χ4v) is 4.70. The zero-order valence-corrected chi connectivity index (χ0v) is 17.2. The number of anilines is 1. The fraction of sp³-hybridized carbons (Fsp3) is 0.684. The molecule has 1 saturated carbocycles. The molecule has 2 rings (SSSR count). The van der Waals surface area contributed by atoms with E-state index in [0.29, 0.717) is 6.04 Å². The number of allylic oxidation sites excluding steroid dienone is 1. The van der Waals surface area contributed by atoms with Gasteiger partial charge in [0.25, 0.3) is 0 Å². The van der Waals surface area contributed by atoms with E-state index in [1.165, 1.54) is 7.05 Å². The van der Waals surface area contributed by atoms with Gasteiger partial charge in [0.2, 0.25) is 10.0 Å². The molecule has 1 aromatic heterocycles. The first-order chi connectivity index (χ1) is 12.4. The Bertz CT molecular complexity index is 710. The number of aromatic nitrogens is 2. The minimum atomic E-state index is -3.13. The van der Waals surface area contributed by atoms with Crippen LogP contribution >= 0.6 is 0 Å². The molecule has 1 N–H and O–H groups in total. The largest absolute Gasteiger partial charge is 0.356 e. The van der Waals surface area contributed by atoms with Crippen molar-refractivity contribution in [3.05, 3.63) is 23.7 Å². The van der Waals surface area contributed by atoms with Crippen LogP contribution in [-0.2, 0) is 10.0 Å². The standard InChI is InChI=1S/C19H32N4O2S/c1-5-6-7-8-18-15(2)21-14-22-19(18)23(4)17-11-9-16(10-12-17)13-26(24,25)20-3/h7-8,14,16-17,20H,5-6,9-13H2,1-4H3/b8-7-/t16-,17-. The normalized spacial score (nSPS) is 21.2. The number of aryl methyl sites for hydroxylation is 1. The van der Waals surface area contributed by atoms with Crippen LogP contribution in [0.15, 0.2) is 12.4 Å². The summed E-state index contributed by atoms with van der Waals surface area (Å²) < 4.78 is 26.0. The number of hydrogen-bond acceptors (Lipinski definition) is 5. The van der Waals surface area contributed by atoms with Crippen LogP contribution in [0.4, 0.5) is 5.82 Å². The smallest absolute Gasteiger partial charge is 0.211 e. The lowest BCUT2D eigenvalue weighted by Crippen LogP contribution is -2.38. The lowest BCUT2D eigenvalue weighted by molar-refractivity contribution is 0.340.